The van der Waals surface area contributed by atoms with Gasteiger partial charge in [0.05, 0.1) is 23.9 Å². The minimum atomic E-state index is -1.30. The van der Waals surface area contributed by atoms with E-state index in [1.807, 2.05) is 0 Å². The van der Waals surface area contributed by atoms with E-state index in [9.17, 15) is 14.8 Å². The highest BCUT2D eigenvalue weighted by molar-refractivity contribution is 5.26. The van der Waals surface area contributed by atoms with Gasteiger partial charge in [-0.3, -0.25) is 0 Å². The Morgan fingerprint density at radius 3 is 2.80 bits per heavy atom. The van der Waals surface area contributed by atoms with Crippen LogP contribution in [0, 0.1) is 22.6 Å². The second-order valence-electron chi connectivity index (χ2n) is 6.15. The Labute approximate surface area is 118 Å². The maximum absolute atomic E-state index is 13.8. The molecule has 2 aliphatic heterocycles. The summed E-state index contributed by atoms with van der Waals surface area (Å²) in [6, 6.07) is 8.68. The van der Waals surface area contributed by atoms with E-state index >= 15 is 0 Å². The van der Waals surface area contributed by atoms with E-state index in [0.29, 0.717) is 12.0 Å². The first kappa shape index (κ1) is 13.5. The zero-order valence-electron chi connectivity index (χ0n) is 11.5. The monoisotopic (exact) mass is 275 g/mol. The Morgan fingerprint density at radius 1 is 1.50 bits per heavy atom. The van der Waals surface area contributed by atoms with Crippen LogP contribution in [0.5, 0.6) is 0 Å². The minimum absolute atomic E-state index is 0.0618. The number of nitriles is 1. The molecule has 4 unspecified atom stereocenters. The van der Waals surface area contributed by atoms with Crippen molar-refractivity contribution in [3.63, 3.8) is 0 Å². The third-order valence-corrected chi connectivity index (χ3v) is 4.86. The predicted octanol–water partition coefficient (Wildman–Crippen LogP) is 2.58. The van der Waals surface area contributed by atoms with Gasteiger partial charge < -0.3 is 9.84 Å². The van der Waals surface area contributed by atoms with Crippen LogP contribution in [-0.2, 0) is 11.2 Å². The van der Waals surface area contributed by atoms with Crippen molar-refractivity contribution in [2.45, 2.75) is 50.4 Å². The molecule has 3 rings (SSSR count). The number of fused-ring (bicyclic) bond motifs is 2. The van der Waals surface area contributed by atoms with Gasteiger partial charge in [-0.1, -0.05) is 18.2 Å². The zero-order chi connectivity index (χ0) is 14.4. The summed E-state index contributed by atoms with van der Waals surface area (Å²) in [6.07, 6.45) is 2.23. The number of aliphatic hydroxyl groups is 1. The average molecular weight is 275 g/mol. The van der Waals surface area contributed by atoms with Gasteiger partial charge in [-0.25, -0.2) is 4.39 Å². The van der Waals surface area contributed by atoms with Gasteiger partial charge in [0.25, 0.3) is 0 Å². The average Bonchev–Trinajstić information content (AvgIpc) is 3.02. The van der Waals surface area contributed by atoms with Crippen molar-refractivity contribution in [2.75, 3.05) is 0 Å². The summed E-state index contributed by atoms with van der Waals surface area (Å²) in [4.78, 5) is 0. The normalized spacial score (nSPS) is 34.7. The molecule has 2 saturated heterocycles. The van der Waals surface area contributed by atoms with E-state index in [-0.39, 0.29) is 24.4 Å². The van der Waals surface area contributed by atoms with Crippen molar-refractivity contribution in [3.05, 3.63) is 35.6 Å². The fraction of sp³-hybridized carbons (Fsp3) is 0.562. The van der Waals surface area contributed by atoms with Crippen LogP contribution >= 0.6 is 0 Å². The zero-order valence-corrected chi connectivity index (χ0v) is 11.5. The number of hydrogen-bond donors (Lipinski definition) is 1. The molecule has 2 bridgehead atoms. The molecular weight excluding hydrogens is 257 g/mol. The standard InChI is InChI=1S/C16H18FNO2/c1-15(19,8-11-4-2-3-5-13(11)17)16(10-18)9-12-6-7-14(16)20-12/h2-5,12,14,19H,6-9H2,1H3. The lowest BCUT2D eigenvalue weighted by Crippen LogP contribution is -2.52. The van der Waals surface area contributed by atoms with Gasteiger partial charge in [0, 0.05) is 6.42 Å². The van der Waals surface area contributed by atoms with Gasteiger partial charge in [-0.15, -0.1) is 0 Å². The van der Waals surface area contributed by atoms with Crippen LogP contribution < -0.4 is 0 Å². The van der Waals surface area contributed by atoms with Gasteiger partial charge in [0.1, 0.15) is 11.2 Å². The van der Waals surface area contributed by atoms with E-state index in [1.54, 1.807) is 25.1 Å². The van der Waals surface area contributed by atoms with Crippen LogP contribution in [0.3, 0.4) is 0 Å². The molecule has 1 aromatic rings. The molecule has 2 aliphatic rings. The first-order valence-electron chi connectivity index (χ1n) is 7.01. The number of hydrogen-bond acceptors (Lipinski definition) is 3. The summed E-state index contributed by atoms with van der Waals surface area (Å²) in [6.45, 7) is 1.63. The van der Waals surface area contributed by atoms with Crippen molar-refractivity contribution in [3.8, 4) is 6.07 Å². The van der Waals surface area contributed by atoms with Gasteiger partial charge >= 0.3 is 0 Å². The Morgan fingerprint density at radius 2 is 2.25 bits per heavy atom. The number of benzene rings is 1. The van der Waals surface area contributed by atoms with Crippen molar-refractivity contribution >= 4 is 0 Å². The van der Waals surface area contributed by atoms with Gasteiger partial charge in [-0.2, -0.15) is 5.26 Å². The van der Waals surface area contributed by atoms with E-state index < -0.39 is 11.0 Å². The van der Waals surface area contributed by atoms with Gasteiger partial charge in [0.15, 0.2) is 0 Å². The molecule has 0 aliphatic carbocycles. The first-order valence-corrected chi connectivity index (χ1v) is 7.01. The summed E-state index contributed by atoms with van der Waals surface area (Å²) in [5.41, 5.74) is -1.79. The fourth-order valence-electron chi connectivity index (χ4n) is 3.68. The molecule has 2 fully saturated rings. The Hall–Kier alpha value is -1.44. The number of nitrogens with zero attached hydrogens (tertiary/aromatic N) is 1. The molecule has 20 heavy (non-hydrogen) atoms. The first-order chi connectivity index (χ1) is 9.48. The molecule has 1 aromatic carbocycles. The summed E-state index contributed by atoms with van der Waals surface area (Å²) in [5.74, 6) is -0.343. The van der Waals surface area contributed by atoms with E-state index in [2.05, 4.69) is 6.07 Å². The highest BCUT2D eigenvalue weighted by Crippen LogP contribution is 2.54. The lowest BCUT2D eigenvalue weighted by atomic mass is 9.63. The smallest absolute Gasteiger partial charge is 0.126 e. The minimum Gasteiger partial charge on any atom is -0.388 e. The van der Waals surface area contributed by atoms with Crippen LogP contribution in [0.25, 0.3) is 0 Å². The molecule has 0 radical (unpaired) electrons. The SMILES string of the molecule is CC(O)(Cc1ccccc1F)C1(C#N)CC2CCC1O2. The molecule has 1 N–H and O–H groups in total. The van der Waals surface area contributed by atoms with Crippen LogP contribution in [0.1, 0.15) is 31.7 Å². The Kier molecular flexibility index (Phi) is 3.07. The maximum Gasteiger partial charge on any atom is 0.126 e. The lowest BCUT2D eigenvalue weighted by molar-refractivity contribution is -0.0715. The summed E-state index contributed by atoms with van der Waals surface area (Å²) in [5, 5.41) is 20.5. The molecule has 4 atom stereocenters. The Balaban J connectivity index is 1.92. The fourth-order valence-corrected chi connectivity index (χ4v) is 3.68. The molecule has 3 nitrogen and oxygen atoms in total. The summed E-state index contributed by atoms with van der Waals surface area (Å²) < 4.78 is 19.6. The second-order valence-corrected chi connectivity index (χ2v) is 6.15. The van der Waals surface area contributed by atoms with Crippen LogP contribution in [0.2, 0.25) is 0 Å². The van der Waals surface area contributed by atoms with Crippen LogP contribution in [0.15, 0.2) is 24.3 Å². The molecule has 4 heteroatoms. The largest absolute Gasteiger partial charge is 0.388 e. The van der Waals surface area contributed by atoms with Crippen molar-refractivity contribution < 1.29 is 14.2 Å². The number of rotatable bonds is 3. The van der Waals surface area contributed by atoms with Crippen LogP contribution in [-0.4, -0.2) is 22.9 Å². The van der Waals surface area contributed by atoms with Crippen molar-refractivity contribution in [2.24, 2.45) is 5.41 Å². The summed E-state index contributed by atoms with van der Waals surface area (Å²) in [7, 11) is 0. The lowest BCUT2D eigenvalue weighted by Gasteiger charge is -2.41. The predicted molar refractivity (Wildman–Crippen MR) is 71.3 cm³/mol. The molecule has 0 amide bonds. The molecule has 2 heterocycles. The maximum atomic E-state index is 13.8. The van der Waals surface area contributed by atoms with Crippen LogP contribution in [0.4, 0.5) is 4.39 Å². The van der Waals surface area contributed by atoms with Gasteiger partial charge in [0.2, 0.25) is 0 Å². The molecular formula is C16H18FNO2. The van der Waals surface area contributed by atoms with Crippen molar-refractivity contribution in [1.82, 2.24) is 0 Å². The third kappa shape index (κ3) is 1.85. The quantitative estimate of drug-likeness (QED) is 0.922. The van der Waals surface area contributed by atoms with E-state index in [4.69, 9.17) is 4.74 Å². The van der Waals surface area contributed by atoms with E-state index in [0.717, 1.165) is 12.8 Å². The molecule has 106 valence electrons. The molecule has 0 aromatic heterocycles. The summed E-state index contributed by atoms with van der Waals surface area (Å²) >= 11 is 0. The second kappa shape index (κ2) is 4.54. The molecule has 0 spiro atoms. The molecule has 0 saturated carbocycles. The Bertz CT molecular complexity index is 566. The highest BCUT2D eigenvalue weighted by Gasteiger charge is 2.61. The van der Waals surface area contributed by atoms with E-state index in [1.165, 1.54) is 6.07 Å². The number of ether oxygens (including phenoxy) is 1. The number of halogens is 1. The highest BCUT2D eigenvalue weighted by atomic mass is 19.1. The van der Waals surface area contributed by atoms with Crippen molar-refractivity contribution in [1.29, 1.82) is 5.26 Å². The third-order valence-electron chi connectivity index (χ3n) is 4.86. The van der Waals surface area contributed by atoms with Gasteiger partial charge in [-0.05, 0) is 37.8 Å². The topological polar surface area (TPSA) is 53.2 Å².